The molecule has 124 valence electrons. The number of carbonyl (C=O) groups excluding carboxylic acids is 2. The van der Waals surface area contributed by atoms with E-state index in [2.05, 4.69) is 12.2 Å². The highest BCUT2D eigenvalue weighted by molar-refractivity contribution is 6.30. The number of benzene rings is 1. The van der Waals surface area contributed by atoms with Crippen molar-refractivity contribution in [3.8, 4) is 0 Å². The van der Waals surface area contributed by atoms with Crippen LogP contribution in [0.2, 0.25) is 5.02 Å². The van der Waals surface area contributed by atoms with E-state index in [1.807, 2.05) is 12.1 Å². The number of rotatable bonds is 3. The molecule has 4 nitrogen and oxygen atoms in total. The third-order valence-corrected chi connectivity index (χ3v) is 5.29. The summed E-state index contributed by atoms with van der Waals surface area (Å²) in [5.41, 5.74) is 0.767. The fraction of sp³-hybridized carbons (Fsp3) is 0.556. The van der Waals surface area contributed by atoms with Crippen LogP contribution in [0.25, 0.3) is 0 Å². The van der Waals surface area contributed by atoms with Gasteiger partial charge in [-0.1, -0.05) is 37.4 Å². The number of hydrogen-bond acceptors (Lipinski definition) is 2. The van der Waals surface area contributed by atoms with Crippen molar-refractivity contribution < 1.29 is 9.59 Å². The SMILES string of the molecule is CC1CCCCC1NC(=O)C1CC(=O)N(c2cccc(Cl)c2)C1. The normalized spacial score (nSPS) is 28.0. The Balaban J connectivity index is 1.63. The molecule has 2 fully saturated rings. The molecule has 1 saturated carbocycles. The Labute approximate surface area is 142 Å². The Bertz CT molecular complexity index is 604. The van der Waals surface area contributed by atoms with Crippen molar-refractivity contribution in [3.63, 3.8) is 0 Å². The van der Waals surface area contributed by atoms with Gasteiger partial charge in [0.1, 0.15) is 0 Å². The van der Waals surface area contributed by atoms with Gasteiger partial charge in [0.2, 0.25) is 11.8 Å². The van der Waals surface area contributed by atoms with Gasteiger partial charge in [-0.3, -0.25) is 9.59 Å². The van der Waals surface area contributed by atoms with Crippen LogP contribution in [0, 0.1) is 11.8 Å². The van der Waals surface area contributed by atoms with Crippen LogP contribution >= 0.6 is 11.6 Å². The Kier molecular flexibility index (Phi) is 4.90. The molecular weight excluding hydrogens is 312 g/mol. The molecule has 2 aliphatic rings. The molecule has 5 heteroatoms. The highest BCUT2D eigenvalue weighted by atomic mass is 35.5. The fourth-order valence-electron chi connectivity index (χ4n) is 3.61. The van der Waals surface area contributed by atoms with E-state index in [0.717, 1.165) is 12.1 Å². The zero-order valence-corrected chi connectivity index (χ0v) is 14.2. The van der Waals surface area contributed by atoms with E-state index in [1.54, 1.807) is 17.0 Å². The van der Waals surface area contributed by atoms with Crippen LogP contribution in [-0.4, -0.2) is 24.4 Å². The van der Waals surface area contributed by atoms with Gasteiger partial charge in [0.25, 0.3) is 0 Å². The van der Waals surface area contributed by atoms with E-state index in [4.69, 9.17) is 11.6 Å². The second kappa shape index (κ2) is 6.91. The molecule has 3 rings (SSSR count). The van der Waals surface area contributed by atoms with Crippen LogP contribution < -0.4 is 10.2 Å². The predicted octanol–water partition coefficient (Wildman–Crippen LogP) is 3.39. The van der Waals surface area contributed by atoms with Gasteiger partial charge < -0.3 is 10.2 Å². The highest BCUT2D eigenvalue weighted by Crippen LogP contribution is 2.28. The van der Waals surface area contributed by atoms with Crippen LogP contribution in [0.15, 0.2) is 24.3 Å². The number of nitrogens with one attached hydrogen (secondary N) is 1. The molecule has 3 atom stereocenters. The summed E-state index contributed by atoms with van der Waals surface area (Å²) in [6, 6.07) is 7.48. The van der Waals surface area contributed by atoms with Crippen molar-refractivity contribution in [1.29, 1.82) is 0 Å². The largest absolute Gasteiger partial charge is 0.353 e. The smallest absolute Gasteiger partial charge is 0.227 e. The lowest BCUT2D eigenvalue weighted by Crippen LogP contribution is -2.44. The van der Waals surface area contributed by atoms with Crippen LogP contribution in [0.4, 0.5) is 5.69 Å². The van der Waals surface area contributed by atoms with Crippen LogP contribution in [0.5, 0.6) is 0 Å². The summed E-state index contributed by atoms with van der Waals surface area (Å²) in [6.07, 6.45) is 4.92. The molecule has 0 aromatic heterocycles. The lowest BCUT2D eigenvalue weighted by Gasteiger charge is -2.30. The highest BCUT2D eigenvalue weighted by Gasteiger charge is 2.36. The number of anilines is 1. The number of amides is 2. The van der Waals surface area contributed by atoms with Crippen LogP contribution in [0.1, 0.15) is 39.0 Å². The first-order valence-electron chi connectivity index (χ1n) is 8.41. The summed E-state index contributed by atoms with van der Waals surface area (Å²) in [5, 5.41) is 3.77. The summed E-state index contributed by atoms with van der Waals surface area (Å²) in [7, 11) is 0. The van der Waals surface area contributed by atoms with Crippen molar-refractivity contribution >= 4 is 29.1 Å². The monoisotopic (exact) mass is 334 g/mol. The van der Waals surface area contributed by atoms with E-state index in [1.165, 1.54) is 19.3 Å². The molecule has 1 aliphatic carbocycles. The minimum Gasteiger partial charge on any atom is -0.353 e. The first-order valence-corrected chi connectivity index (χ1v) is 8.78. The summed E-state index contributed by atoms with van der Waals surface area (Å²) >= 11 is 6.00. The molecule has 1 aromatic rings. The van der Waals surface area contributed by atoms with Crippen LogP contribution in [0.3, 0.4) is 0 Å². The lowest BCUT2D eigenvalue weighted by molar-refractivity contribution is -0.127. The Morgan fingerprint density at radius 1 is 1.30 bits per heavy atom. The molecule has 0 radical (unpaired) electrons. The first-order chi connectivity index (χ1) is 11.0. The lowest BCUT2D eigenvalue weighted by atomic mass is 9.85. The van der Waals surface area contributed by atoms with Crippen molar-refractivity contribution in [3.05, 3.63) is 29.3 Å². The fourth-order valence-corrected chi connectivity index (χ4v) is 3.79. The zero-order chi connectivity index (χ0) is 16.4. The predicted molar refractivity (Wildman–Crippen MR) is 91.5 cm³/mol. The quantitative estimate of drug-likeness (QED) is 0.921. The molecule has 3 unspecified atom stereocenters. The topological polar surface area (TPSA) is 49.4 Å². The minimum absolute atomic E-state index is 0.0101. The number of carbonyl (C=O) groups is 2. The molecule has 1 saturated heterocycles. The third-order valence-electron chi connectivity index (χ3n) is 5.05. The Morgan fingerprint density at radius 2 is 2.09 bits per heavy atom. The molecule has 2 amide bonds. The zero-order valence-electron chi connectivity index (χ0n) is 13.4. The molecule has 1 heterocycles. The van der Waals surface area contributed by atoms with E-state index in [9.17, 15) is 9.59 Å². The summed E-state index contributed by atoms with van der Waals surface area (Å²) < 4.78 is 0. The second-order valence-electron chi connectivity index (χ2n) is 6.76. The maximum Gasteiger partial charge on any atom is 0.227 e. The molecule has 1 aliphatic heterocycles. The van der Waals surface area contributed by atoms with Gasteiger partial charge in [-0.2, -0.15) is 0 Å². The van der Waals surface area contributed by atoms with Crippen molar-refractivity contribution in [1.82, 2.24) is 5.32 Å². The Hall–Kier alpha value is -1.55. The first kappa shape index (κ1) is 16.3. The van der Waals surface area contributed by atoms with Gasteiger partial charge in [-0.15, -0.1) is 0 Å². The van der Waals surface area contributed by atoms with Gasteiger partial charge >= 0.3 is 0 Å². The molecule has 23 heavy (non-hydrogen) atoms. The van der Waals surface area contributed by atoms with Crippen molar-refractivity contribution in [2.75, 3.05) is 11.4 Å². The molecule has 0 spiro atoms. The van der Waals surface area contributed by atoms with Gasteiger partial charge in [-0.05, 0) is 37.0 Å². The maximum absolute atomic E-state index is 12.5. The summed E-state index contributed by atoms with van der Waals surface area (Å²) in [4.78, 5) is 26.5. The molecule has 0 bridgehead atoms. The minimum atomic E-state index is -0.268. The third kappa shape index (κ3) is 3.69. The molecule has 1 aromatic carbocycles. The second-order valence-corrected chi connectivity index (χ2v) is 7.20. The molecular formula is C18H23ClN2O2. The average Bonchev–Trinajstić information content (AvgIpc) is 2.92. The van der Waals surface area contributed by atoms with Gasteiger partial charge in [-0.25, -0.2) is 0 Å². The van der Waals surface area contributed by atoms with E-state index >= 15 is 0 Å². The molecule has 1 N–H and O–H groups in total. The summed E-state index contributed by atoms with van der Waals surface area (Å²) in [5.74, 6) is 0.259. The van der Waals surface area contributed by atoms with Crippen LogP contribution in [-0.2, 0) is 9.59 Å². The standard InChI is InChI=1S/C18H23ClN2O2/c1-12-5-2-3-8-16(12)20-18(23)13-9-17(22)21(11-13)15-7-4-6-14(19)10-15/h4,6-7,10,12-13,16H,2-3,5,8-9,11H2,1H3,(H,20,23). The van der Waals surface area contributed by atoms with Gasteiger partial charge in [0, 0.05) is 29.7 Å². The van der Waals surface area contributed by atoms with Gasteiger partial charge in [0.05, 0.1) is 5.92 Å². The summed E-state index contributed by atoms with van der Waals surface area (Å²) in [6.45, 7) is 2.63. The number of halogens is 1. The van der Waals surface area contributed by atoms with E-state index in [0.29, 0.717) is 17.5 Å². The van der Waals surface area contributed by atoms with E-state index < -0.39 is 0 Å². The number of nitrogens with zero attached hydrogens (tertiary/aromatic N) is 1. The van der Waals surface area contributed by atoms with Crippen molar-refractivity contribution in [2.24, 2.45) is 11.8 Å². The van der Waals surface area contributed by atoms with E-state index in [-0.39, 0.29) is 30.2 Å². The maximum atomic E-state index is 12.5. The average molecular weight is 335 g/mol. The van der Waals surface area contributed by atoms with Crippen molar-refractivity contribution in [2.45, 2.75) is 45.1 Å². The van der Waals surface area contributed by atoms with Gasteiger partial charge in [0.15, 0.2) is 0 Å². The number of hydrogen-bond donors (Lipinski definition) is 1. The Morgan fingerprint density at radius 3 is 2.83 bits per heavy atom.